The Morgan fingerprint density at radius 3 is 2.54 bits per heavy atom. The molecule has 46 heavy (non-hydrogen) atoms. The number of nitrogens with zero attached hydrogens (tertiary/aromatic N) is 3. The van der Waals surface area contributed by atoms with E-state index in [2.05, 4.69) is 30.8 Å². The summed E-state index contributed by atoms with van der Waals surface area (Å²) in [5.74, 6) is -3.07. The second kappa shape index (κ2) is 13.4. The van der Waals surface area contributed by atoms with Crippen LogP contribution >= 0.6 is 0 Å². The van der Waals surface area contributed by atoms with Gasteiger partial charge in [0, 0.05) is 31.0 Å². The average Bonchev–Trinajstić information content (AvgIpc) is 3.33. The van der Waals surface area contributed by atoms with E-state index in [1.807, 2.05) is 7.05 Å². The fraction of sp³-hybridized carbons (Fsp3) is 0.433. The molecule has 1 saturated heterocycles. The number of rotatable bonds is 10. The minimum absolute atomic E-state index is 0.0252. The van der Waals surface area contributed by atoms with Crippen LogP contribution in [0.15, 0.2) is 42.6 Å². The lowest BCUT2D eigenvalue weighted by Crippen LogP contribution is -2.43. The van der Waals surface area contributed by atoms with Gasteiger partial charge in [-0.05, 0) is 50.2 Å². The number of anilines is 2. The fourth-order valence-electron chi connectivity index (χ4n) is 5.54. The van der Waals surface area contributed by atoms with Crippen molar-refractivity contribution in [1.82, 2.24) is 25.5 Å². The van der Waals surface area contributed by atoms with E-state index in [1.54, 1.807) is 24.3 Å². The molecule has 0 saturated carbocycles. The van der Waals surface area contributed by atoms with Crippen molar-refractivity contribution in [3.63, 3.8) is 0 Å². The Kier molecular flexibility index (Phi) is 9.70. The molecule has 3 aromatic rings. The van der Waals surface area contributed by atoms with E-state index in [-0.39, 0.29) is 35.4 Å². The normalized spacial score (nSPS) is 19.0. The van der Waals surface area contributed by atoms with E-state index < -0.39 is 57.2 Å². The van der Waals surface area contributed by atoms with E-state index in [0.717, 1.165) is 43.8 Å². The van der Waals surface area contributed by atoms with Gasteiger partial charge in [-0.2, -0.15) is 18.2 Å². The van der Waals surface area contributed by atoms with Crippen molar-refractivity contribution in [3.8, 4) is 11.6 Å². The lowest BCUT2D eigenvalue weighted by Gasteiger charge is -2.29. The van der Waals surface area contributed by atoms with Gasteiger partial charge in [0.1, 0.15) is 23.2 Å². The number of benzene rings is 2. The maximum atomic E-state index is 15.2. The fourth-order valence-corrected chi connectivity index (χ4v) is 6.02. The number of fused-ring (bicyclic) bond motifs is 1. The highest BCUT2D eigenvalue weighted by molar-refractivity contribution is 7.90. The number of hydrogen-bond acceptors (Lipinski definition) is 10. The molecule has 5 rings (SSSR count). The summed E-state index contributed by atoms with van der Waals surface area (Å²) in [6, 6.07) is 8.33. The zero-order chi connectivity index (χ0) is 33.2. The number of nitrogens with one attached hydrogen (secondary N) is 3. The Hall–Kier alpha value is -4.02. The average molecular weight is 667 g/mol. The van der Waals surface area contributed by atoms with Crippen LogP contribution in [0.25, 0.3) is 0 Å². The number of carbonyl (C=O) groups excluding carboxylic acids is 1. The van der Waals surface area contributed by atoms with Gasteiger partial charge in [-0.15, -0.1) is 0 Å². The molecule has 1 aliphatic heterocycles. The van der Waals surface area contributed by atoms with Crippen molar-refractivity contribution < 1.29 is 40.2 Å². The Bertz CT molecular complexity index is 1700. The Balaban J connectivity index is 1.40. The molecule has 1 amide bonds. The monoisotopic (exact) mass is 666 g/mol. The van der Waals surface area contributed by atoms with Crippen LogP contribution in [-0.4, -0.2) is 80.7 Å². The minimum atomic E-state index is -4.89. The van der Waals surface area contributed by atoms with Gasteiger partial charge in [0.05, 0.1) is 30.3 Å². The van der Waals surface area contributed by atoms with Gasteiger partial charge < -0.3 is 25.0 Å². The summed E-state index contributed by atoms with van der Waals surface area (Å²) in [5.41, 5.74) is -0.0820. The Labute approximate surface area is 263 Å². The van der Waals surface area contributed by atoms with E-state index in [1.165, 1.54) is 13.2 Å². The molecule has 1 aromatic heterocycles. The van der Waals surface area contributed by atoms with E-state index in [4.69, 9.17) is 9.47 Å². The summed E-state index contributed by atoms with van der Waals surface area (Å²) >= 11 is 0. The minimum Gasteiger partial charge on any atom is -0.495 e. The van der Waals surface area contributed by atoms with Crippen LogP contribution in [0.1, 0.15) is 45.9 Å². The van der Waals surface area contributed by atoms with Crippen LogP contribution in [0.3, 0.4) is 0 Å². The molecule has 0 bridgehead atoms. The summed E-state index contributed by atoms with van der Waals surface area (Å²) in [4.78, 5) is 22.8. The molecule has 16 heteroatoms. The van der Waals surface area contributed by atoms with Gasteiger partial charge in [0.15, 0.2) is 9.84 Å². The number of aromatic nitrogens is 2. The molecule has 0 spiro atoms. The van der Waals surface area contributed by atoms with Crippen LogP contribution in [0.5, 0.6) is 11.6 Å². The smallest absolute Gasteiger partial charge is 0.423 e. The molecule has 11 nitrogen and oxygen atoms in total. The highest BCUT2D eigenvalue weighted by Gasteiger charge is 2.40. The summed E-state index contributed by atoms with van der Waals surface area (Å²) in [6.45, 7) is 1.59. The van der Waals surface area contributed by atoms with Crippen LogP contribution in [-0.2, 0) is 22.4 Å². The van der Waals surface area contributed by atoms with Crippen LogP contribution in [0.4, 0.5) is 29.2 Å². The molecule has 2 heterocycles. The standard InChI is InChI=1S/C30H34F4N6O5S/c1-40-10-8-18(9-11-40)37-27(41)20-13-24(44-2)23(14-22(20)31)38-29-35-15-21(30(32,33)34)28(39-29)45-25-12-17-6-4-5-7-19(17)26(25)36-16-46(3,42)43/h4-7,13-15,18,25-26,36H,8-12,16H2,1-3H3,(H,37,41)(H,35,38,39)/t25-,26-/m1/s1. The molecule has 248 valence electrons. The zero-order valence-corrected chi connectivity index (χ0v) is 26.1. The third-order valence-corrected chi connectivity index (χ3v) is 8.60. The number of carbonyl (C=O) groups is 1. The largest absolute Gasteiger partial charge is 0.495 e. The number of likely N-dealkylation sites (tertiary alicyclic amines) is 1. The Morgan fingerprint density at radius 1 is 1.15 bits per heavy atom. The van der Waals surface area contributed by atoms with Crippen molar-refractivity contribution in [3.05, 3.63) is 70.7 Å². The van der Waals surface area contributed by atoms with Crippen molar-refractivity contribution in [1.29, 1.82) is 0 Å². The molecular weight excluding hydrogens is 632 g/mol. The maximum Gasteiger partial charge on any atom is 0.423 e. The van der Waals surface area contributed by atoms with Crippen LogP contribution in [0.2, 0.25) is 0 Å². The number of hydrogen-bond donors (Lipinski definition) is 3. The number of halogens is 4. The lowest BCUT2D eigenvalue weighted by atomic mass is 10.0. The van der Waals surface area contributed by atoms with Crippen molar-refractivity contribution >= 4 is 27.4 Å². The summed E-state index contributed by atoms with van der Waals surface area (Å²) in [7, 11) is -0.191. The molecule has 0 unspecified atom stereocenters. The molecule has 0 radical (unpaired) electrons. The number of methoxy groups -OCH3 is 1. The number of ether oxygens (including phenoxy) is 2. The lowest BCUT2D eigenvalue weighted by molar-refractivity contribution is -0.140. The second-order valence-corrected chi connectivity index (χ2v) is 13.6. The number of sulfone groups is 1. The molecule has 3 N–H and O–H groups in total. The van der Waals surface area contributed by atoms with Gasteiger partial charge in [-0.25, -0.2) is 17.8 Å². The van der Waals surface area contributed by atoms with Gasteiger partial charge in [0.2, 0.25) is 11.8 Å². The van der Waals surface area contributed by atoms with E-state index >= 15 is 4.39 Å². The van der Waals surface area contributed by atoms with Gasteiger partial charge in [0.25, 0.3) is 5.91 Å². The predicted molar refractivity (Wildman–Crippen MR) is 161 cm³/mol. The quantitative estimate of drug-likeness (QED) is 0.274. The van der Waals surface area contributed by atoms with Crippen molar-refractivity contribution in [2.75, 3.05) is 44.7 Å². The second-order valence-electron chi connectivity index (χ2n) is 11.4. The molecule has 1 fully saturated rings. The third kappa shape index (κ3) is 7.85. The SMILES string of the molecule is COc1cc(C(=O)NC2CCN(C)CC2)c(F)cc1Nc1ncc(C(F)(F)F)c(O[C@@H]2Cc3ccccc3[C@H]2NCS(C)(=O)=O)n1. The predicted octanol–water partition coefficient (Wildman–Crippen LogP) is 3.85. The number of alkyl halides is 3. The highest BCUT2D eigenvalue weighted by atomic mass is 32.2. The summed E-state index contributed by atoms with van der Waals surface area (Å²) < 4.78 is 92.2. The van der Waals surface area contributed by atoms with E-state index in [0.29, 0.717) is 11.8 Å². The number of amides is 1. The van der Waals surface area contributed by atoms with Gasteiger partial charge >= 0.3 is 6.18 Å². The molecular formula is C30H34F4N6O5S. The first-order valence-corrected chi connectivity index (χ1v) is 16.5. The molecule has 2 atom stereocenters. The first kappa shape index (κ1) is 33.3. The highest BCUT2D eigenvalue weighted by Crippen LogP contribution is 2.40. The third-order valence-electron chi connectivity index (χ3n) is 7.90. The van der Waals surface area contributed by atoms with Crippen molar-refractivity contribution in [2.45, 2.75) is 43.6 Å². The zero-order valence-electron chi connectivity index (χ0n) is 25.3. The number of piperidine rings is 1. The van der Waals surface area contributed by atoms with Gasteiger partial charge in [-0.3, -0.25) is 10.1 Å². The summed E-state index contributed by atoms with van der Waals surface area (Å²) in [6.07, 6.45) is -2.64. The topological polar surface area (TPSA) is 135 Å². The van der Waals surface area contributed by atoms with Crippen LogP contribution in [0, 0.1) is 5.82 Å². The Morgan fingerprint density at radius 2 is 1.87 bits per heavy atom. The molecule has 1 aliphatic carbocycles. The maximum absolute atomic E-state index is 15.2. The summed E-state index contributed by atoms with van der Waals surface area (Å²) in [5, 5.41) is 8.38. The van der Waals surface area contributed by atoms with Crippen LogP contribution < -0.4 is 25.4 Å². The van der Waals surface area contributed by atoms with Gasteiger partial charge in [-0.1, -0.05) is 24.3 Å². The van der Waals surface area contributed by atoms with Crippen molar-refractivity contribution in [2.24, 2.45) is 0 Å². The first-order chi connectivity index (χ1) is 21.7. The van der Waals surface area contributed by atoms with E-state index in [9.17, 15) is 26.4 Å². The molecule has 2 aromatic carbocycles. The molecule has 2 aliphatic rings. The first-order valence-electron chi connectivity index (χ1n) is 14.5.